The molecule has 0 radical (unpaired) electrons. The van der Waals surface area contributed by atoms with Crippen LogP contribution in [0.4, 0.5) is 10.1 Å². The molecule has 1 amide bonds. The van der Waals surface area contributed by atoms with Gasteiger partial charge < -0.3 is 11.1 Å². The van der Waals surface area contributed by atoms with Crippen molar-refractivity contribution >= 4 is 28.8 Å². The number of benzene rings is 1. The summed E-state index contributed by atoms with van der Waals surface area (Å²) in [6.45, 7) is 4.24. The summed E-state index contributed by atoms with van der Waals surface area (Å²) in [6, 6.07) is 4.06. The van der Waals surface area contributed by atoms with Gasteiger partial charge in [0.05, 0.1) is 5.69 Å². The van der Waals surface area contributed by atoms with Crippen molar-refractivity contribution < 1.29 is 9.18 Å². The van der Waals surface area contributed by atoms with E-state index in [1.54, 1.807) is 0 Å². The molecule has 0 aliphatic heterocycles. The highest BCUT2D eigenvalue weighted by atomic mass is 32.1. The lowest BCUT2D eigenvalue weighted by Gasteiger charge is -2.37. The van der Waals surface area contributed by atoms with Crippen LogP contribution in [0, 0.1) is 17.2 Å². The molecule has 1 fully saturated rings. The number of carbonyl (C=O) groups excluding carboxylic acids is 1. The number of carbonyl (C=O) groups is 1. The highest BCUT2D eigenvalue weighted by molar-refractivity contribution is 7.80. The number of nitrogens with one attached hydrogen (secondary N) is 1. The number of hydrogen-bond donors (Lipinski definition) is 2. The van der Waals surface area contributed by atoms with E-state index in [0.717, 1.165) is 25.7 Å². The number of thiocarbonyl (C=S) groups is 1. The molecule has 3 nitrogen and oxygen atoms in total. The van der Waals surface area contributed by atoms with Gasteiger partial charge in [-0.1, -0.05) is 38.9 Å². The standard InChI is InChI=1S/C16H21FN2OS/c1-16(2)8-4-3-5-12(16)15(20)19-13-7-6-10(17)9-11(13)14(18)21/h6-7,9,12H,3-5,8H2,1-2H3,(H2,18,21)(H,19,20). The summed E-state index contributed by atoms with van der Waals surface area (Å²) in [4.78, 5) is 12.6. The average molecular weight is 308 g/mol. The maximum Gasteiger partial charge on any atom is 0.228 e. The summed E-state index contributed by atoms with van der Waals surface area (Å²) in [5.41, 5.74) is 6.43. The van der Waals surface area contributed by atoms with E-state index in [9.17, 15) is 9.18 Å². The second-order valence-corrected chi connectivity index (χ2v) is 6.77. The second-order valence-electron chi connectivity index (χ2n) is 6.33. The van der Waals surface area contributed by atoms with Crippen molar-refractivity contribution in [3.8, 4) is 0 Å². The fourth-order valence-electron chi connectivity index (χ4n) is 3.03. The minimum absolute atomic E-state index is 0.0221. The molecule has 1 aromatic carbocycles. The number of amides is 1. The molecule has 114 valence electrons. The average Bonchev–Trinajstić information content (AvgIpc) is 2.39. The Morgan fingerprint density at radius 2 is 2.14 bits per heavy atom. The molecule has 1 unspecified atom stereocenters. The Morgan fingerprint density at radius 1 is 1.43 bits per heavy atom. The molecule has 0 saturated heterocycles. The van der Waals surface area contributed by atoms with Crippen LogP contribution in [-0.4, -0.2) is 10.9 Å². The fourth-order valence-corrected chi connectivity index (χ4v) is 3.20. The third-order valence-electron chi connectivity index (χ3n) is 4.33. The predicted molar refractivity (Wildman–Crippen MR) is 86.7 cm³/mol. The van der Waals surface area contributed by atoms with Crippen LogP contribution < -0.4 is 11.1 Å². The molecular formula is C16H21FN2OS. The molecule has 1 aliphatic carbocycles. The van der Waals surface area contributed by atoms with Crippen LogP contribution in [0.5, 0.6) is 0 Å². The van der Waals surface area contributed by atoms with Crippen LogP contribution in [0.1, 0.15) is 45.1 Å². The maximum absolute atomic E-state index is 13.3. The molecule has 1 atom stereocenters. The summed E-state index contributed by atoms with van der Waals surface area (Å²) in [5, 5.41) is 2.87. The quantitative estimate of drug-likeness (QED) is 0.839. The van der Waals surface area contributed by atoms with E-state index in [1.807, 2.05) is 0 Å². The van der Waals surface area contributed by atoms with Crippen molar-refractivity contribution in [2.75, 3.05) is 5.32 Å². The molecule has 1 aromatic rings. The first kappa shape index (κ1) is 15.9. The number of rotatable bonds is 3. The van der Waals surface area contributed by atoms with Crippen molar-refractivity contribution in [3.05, 3.63) is 29.6 Å². The molecule has 0 heterocycles. The van der Waals surface area contributed by atoms with Gasteiger partial charge in [0, 0.05) is 11.5 Å². The molecule has 2 rings (SSSR count). The number of hydrogen-bond acceptors (Lipinski definition) is 2. The lowest BCUT2D eigenvalue weighted by atomic mass is 9.68. The van der Waals surface area contributed by atoms with Gasteiger partial charge in [-0.25, -0.2) is 4.39 Å². The Balaban J connectivity index is 2.22. The second kappa shape index (κ2) is 6.10. The normalized spacial score (nSPS) is 20.8. The Hall–Kier alpha value is -1.49. The van der Waals surface area contributed by atoms with Gasteiger partial charge in [-0.05, 0) is 36.5 Å². The Morgan fingerprint density at radius 3 is 2.76 bits per heavy atom. The van der Waals surface area contributed by atoms with Crippen LogP contribution in [0.2, 0.25) is 0 Å². The van der Waals surface area contributed by atoms with E-state index >= 15 is 0 Å². The topological polar surface area (TPSA) is 55.1 Å². The van der Waals surface area contributed by atoms with Crippen molar-refractivity contribution in [2.45, 2.75) is 39.5 Å². The smallest absolute Gasteiger partial charge is 0.228 e. The molecular weight excluding hydrogens is 287 g/mol. The van der Waals surface area contributed by atoms with E-state index in [-0.39, 0.29) is 22.2 Å². The largest absolute Gasteiger partial charge is 0.389 e. The minimum atomic E-state index is -0.422. The Labute approximate surface area is 130 Å². The molecule has 0 bridgehead atoms. The van der Waals surface area contributed by atoms with E-state index in [0.29, 0.717) is 11.3 Å². The first-order valence-electron chi connectivity index (χ1n) is 7.21. The molecule has 3 N–H and O–H groups in total. The highest BCUT2D eigenvalue weighted by Gasteiger charge is 2.37. The molecule has 21 heavy (non-hydrogen) atoms. The zero-order valence-electron chi connectivity index (χ0n) is 12.4. The lowest BCUT2D eigenvalue weighted by molar-refractivity contribution is -0.124. The number of nitrogens with two attached hydrogens (primary N) is 1. The molecule has 1 saturated carbocycles. The maximum atomic E-state index is 13.3. The van der Waals surface area contributed by atoms with E-state index in [1.165, 1.54) is 18.2 Å². The van der Waals surface area contributed by atoms with Crippen molar-refractivity contribution in [1.29, 1.82) is 0 Å². The van der Waals surface area contributed by atoms with Crippen LogP contribution >= 0.6 is 12.2 Å². The molecule has 0 spiro atoms. The molecule has 0 aromatic heterocycles. The van der Waals surface area contributed by atoms with Gasteiger partial charge in [-0.2, -0.15) is 0 Å². The summed E-state index contributed by atoms with van der Waals surface area (Å²) >= 11 is 4.92. The number of anilines is 1. The van der Waals surface area contributed by atoms with Gasteiger partial charge in [0.1, 0.15) is 10.8 Å². The van der Waals surface area contributed by atoms with E-state index < -0.39 is 5.82 Å². The van der Waals surface area contributed by atoms with Crippen LogP contribution in [-0.2, 0) is 4.79 Å². The zero-order valence-corrected chi connectivity index (χ0v) is 13.2. The van der Waals surface area contributed by atoms with Crippen molar-refractivity contribution in [2.24, 2.45) is 17.1 Å². The third-order valence-corrected chi connectivity index (χ3v) is 4.55. The Bertz CT molecular complexity index is 571. The van der Waals surface area contributed by atoms with Gasteiger partial charge in [-0.3, -0.25) is 4.79 Å². The van der Waals surface area contributed by atoms with Crippen LogP contribution in [0.15, 0.2) is 18.2 Å². The first-order chi connectivity index (χ1) is 9.81. The van der Waals surface area contributed by atoms with Crippen molar-refractivity contribution in [1.82, 2.24) is 0 Å². The van der Waals surface area contributed by atoms with E-state index in [4.69, 9.17) is 18.0 Å². The fraction of sp³-hybridized carbons (Fsp3) is 0.500. The predicted octanol–water partition coefficient (Wildman–Crippen LogP) is 3.61. The summed E-state index contributed by atoms with van der Waals surface area (Å²) < 4.78 is 13.3. The first-order valence-corrected chi connectivity index (χ1v) is 7.62. The zero-order chi connectivity index (χ0) is 15.6. The Kier molecular flexibility index (Phi) is 4.61. The minimum Gasteiger partial charge on any atom is -0.389 e. The SMILES string of the molecule is CC1(C)CCCCC1C(=O)Nc1ccc(F)cc1C(N)=S. The van der Waals surface area contributed by atoms with Gasteiger partial charge >= 0.3 is 0 Å². The van der Waals surface area contributed by atoms with Crippen molar-refractivity contribution in [3.63, 3.8) is 0 Å². The molecule has 1 aliphatic rings. The third kappa shape index (κ3) is 3.59. The monoisotopic (exact) mass is 308 g/mol. The molecule has 5 heteroatoms. The van der Waals surface area contributed by atoms with Crippen LogP contribution in [0.25, 0.3) is 0 Å². The van der Waals surface area contributed by atoms with Gasteiger partial charge in [0.25, 0.3) is 0 Å². The number of halogens is 1. The summed E-state index contributed by atoms with van der Waals surface area (Å²) in [6.07, 6.45) is 4.14. The lowest BCUT2D eigenvalue weighted by Crippen LogP contribution is -2.37. The summed E-state index contributed by atoms with van der Waals surface area (Å²) in [5.74, 6) is -0.506. The summed E-state index contributed by atoms with van der Waals surface area (Å²) in [7, 11) is 0. The van der Waals surface area contributed by atoms with Crippen LogP contribution in [0.3, 0.4) is 0 Å². The van der Waals surface area contributed by atoms with E-state index in [2.05, 4.69) is 19.2 Å². The highest BCUT2D eigenvalue weighted by Crippen LogP contribution is 2.41. The van der Waals surface area contributed by atoms with Gasteiger partial charge in [-0.15, -0.1) is 0 Å². The van der Waals surface area contributed by atoms with Gasteiger partial charge in [0.15, 0.2) is 0 Å². The van der Waals surface area contributed by atoms with Gasteiger partial charge in [0.2, 0.25) is 5.91 Å².